The van der Waals surface area contributed by atoms with Crippen LogP contribution in [0.4, 0.5) is 4.39 Å². The molecular weight excluding hydrogens is 333 g/mol. The summed E-state index contributed by atoms with van der Waals surface area (Å²) in [6.07, 6.45) is 0. The molecule has 0 aliphatic carbocycles. The van der Waals surface area contributed by atoms with Crippen molar-refractivity contribution in [1.82, 2.24) is 14.9 Å². The minimum Gasteiger partial charge on any atom is -0.348 e. The number of hydrogen-bond donors (Lipinski definition) is 1. The van der Waals surface area contributed by atoms with Crippen molar-refractivity contribution in [3.05, 3.63) is 70.5 Å². The molecule has 1 N–H and O–H groups in total. The monoisotopic (exact) mass is 353 g/mol. The molecular formula is C20H20FN3O2. The van der Waals surface area contributed by atoms with Crippen LogP contribution in [0.1, 0.15) is 26.6 Å². The lowest BCUT2D eigenvalue weighted by atomic mass is 9.96. The Balaban J connectivity index is 2.13. The van der Waals surface area contributed by atoms with Gasteiger partial charge in [0.1, 0.15) is 11.6 Å². The zero-order valence-electron chi connectivity index (χ0n) is 14.9. The first-order valence-electron chi connectivity index (χ1n) is 8.32. The van der Waals surface area contributed by atoms with E-state index in [1.54, 1.807) is 24.3 Å². The van der Waals surface area contributed by atoms with Crippen LogP contribution in [-0.4, -0.2) is 15.5 Å². The van der Waals surface area contributed by atoms with E-state index < -0.39 is 11.2 Å². The second-order valence-corrected chi connectivity index (χ2v) is 7.09. The lowest BCUT2D eigenvalue weighted by Crippen LogP contribution is -2.36. The molecule has 3 rings (SSSR count). The average molecular weight is 353 g/mol. The molecule has 1 aromatic heterocycles. The van der Waals surface area contributed by atoms with E-state index in [1.807, 2.05) is 20.8 Å². The molecule has 0 unspecified atom stereocenters. The maximum absolute atomic E-state index is 13.3. The fraction of sp³-hybridized carbons (Fsp3) is 0.250. The van der Waals surface area contributed by atoms with Crippen LogP contribution < -0.4 is 10.9 Å². The summed E-state index contributed by atoms with van der Waals surface area (Å²) in [6.45, 7) is 5.52. The van der Waals surface area contributed by atoms with Gasteiger partial charge < -0.3 is 5.32 Å². The van der Waals surface area contributed by atoms with Crippen molar-refractivity contribution in [3.63, 3.8) is 0 Å². The Labute approximate surface area is 150 Å². The second-order valence-electron chi connectivity index (χ2n) is 7.09. The molecule has 0 radical (unpaired) electrons. The molecule has 0 fully saturated rings. The van der Waals surface area contributed by atoms with Crippen LogP contribution >= 0.6 is 0 Å². The Morgan fingerprint density at radius 3 is 2.42 bits per heavy atom. The van der Waals surface area contributed by atoms with Gasteiger partial charge in [0.2, 0.25) is 5.91 Å². The number of nitrogens with one attached hydrogen (secondary N) is 1. The van der Waals surface area contributed by atoms with E-state index in [0.717, 1.165) is 0 Å². The molecule has 6 heteroatoms. The zero-order chi connectivity index (χ0) is 18.9. The molecule has 0 saturated heterocycles. The highest BCUT2D eigenvalue weighted by Gasteiger charge is 2.22. The Hall–Kier alpha value is -3.02. The third kappa shape index (κ3) is 3.49. The van der Waals surface area contributed by atoms with Crippen LogP contribution in [0.2, 0.25) is 0 Å². The average Bonchev–Trinajstić information content (AvgIpc) is 2.60. The van der Waals surface area contributed by atoms with Gasteiger partial charge in [-0.2, -0.15) is 0 Å². The number of fused-ring (bicyclic) bond motifs is 1. The predicted molar refractivity (Wildman–Crippen MR) is 98.6 cm³/mol. The summed E-state index contributed by atoms with van der Waals surface area (Å²) >= 11 is 0. The molecule has 3 aromatic rings. The van der Waals surface area contributed by atoms with Gasteiger partial charge in [0.05, 0.1) is 23.1 Å². The third-order valence-corrected chi connectivity index (χ3v) is 4.02. The molecule has 0 spiro atoms. The van der Waals surface area contributed by atoms with Gasteiger partial charge in [0, 0.05) is 5.41 Å². The molecule has 0 aliphatic rings. The molecule has 2 aromatic carbocycles. The van der Waals surface area contributed by atoms with E-state index in [-0.39, 0.29) is 18.0 Å². The van der Waals surface area contributed by atoms with Gasteiger partial charge in [-0.05, 0) is 36.4 Å². The van der Waals surface area contributed by atoms with Gasteiger partial charge in [0.15, 0.2) is 0 Å². The first kappa shape index (κ1) is 17.8. The molecule has 26 heavy (non-hydrogen) atoms. The maximum atomic E-state index is 13.3. The van der Waals surface area contributed by atoms with E-state index >= 15 is 0 Å². The standard InChI is InChI=1S/C20H20FN3O2/c1-20(2,3)19(26)22-12-17-23-16-7-5-4-6-15(16)18(25)24(17)14-10-8-13(21)9-11-14/h4-11H,12H2,1-3H3,(H,22,26). The van der Waals surface area contributed by atoms with Crippen LogP contribution in [-0.2, 0) is 11.3 Å². The predicted octanol–water partition coefficient (Wildman–Crippen LogP) is 3.19. The van der Waals surface area contributed by atoms with Gasteiger partial charge in [0.25, 0.3) is 5.56 Å². The van der Waals surface area contributed by atoms with E-state index in [1.165, 1.54) is 28.8 Å². The largest absolute Gasteiger partial charge is 0.348 e. The zero-order valence-corrected chi connectivity index (χ0v) is 14.9. The number of rotatable bonds is 3. The quantitative estimate of drug-likeness (QED) is 0.786. The van der Waals surface area contributed by atoms with Crippen molar-refractivity contribution >= 4 is 16.8 Å². The highest BCUT2D eigenvalue weighted by atomic mass is 19.1. The number of carbonyl (C=O) groups is 1. The molecule has 0 bridgehead atoms. The molecule has 5 nitrogen and oxygen atoms in total. The molecule has 0 atom stereocenters. The first-order chi connectivity index (χ1) is 12.3. The highest BCUT2D eigenvalue weighted by molar-refractivity contribution is 5.81. The summed E-state index contributed by atoms with van der Waals surface area (Å²) in [5.41, 5.74) is 0.227. The maximum Gasteiger partial charge on any atom is 0.266 e. The molecule has 0 aliphatic heterocycles. The Bertz CT molecular complexity index is 1020. The Morgan fingerprint density at radius 2 is 1.77 bits per heavy atom. The van der Waals surface area contributed by atoms with E-state index in [2.05, 4.69) is 10.3 Å². The number of halogens is 1. The lowest BCUT2D eigenvalue weighted by Gasteiger charge is -2.19. The first-order valence-corrected chi connectivity index (χ1v) is 8.32. The second kappa shape index (κ2) is 6.71. The van der Waals surface area contributed by atoms with Gasteiger partial charge in [-0.25, -0.2) is 9.37 Å². The van der Waals surface area contributed by atoms with Crippen molar-refractivity contribution in [3.8, 4) is 5.69 Å². The normalized spacial score (nSPS) is 11.5. The highest BCUT2D eigenvalue weighted by Crippen LogP contribution is 2.16. The minimum atomic E-state index is -0.558. The van der Waals surface area contributed by atoms with E-state index in [0.29, 0.717) is 22.4 Å². The number of amides is 1. The van der Waals surface area contributed by atoms with Gasteiger partial charge in [-0.1, -0.05) is 32.9 Å². The van der Waals surface area contributed by atoms with Crippen LogP contribution in [0.5, 0.6) is 0 Å². The van der Waals surface area contributed by atoms with E-state index in [9.17, 15) is 14.0 Å². The van der Waals surface area contributed by atoms with Gasteiger partial charge >= 0.3 is 0 Å². The molecule has 1 amide bonds. The smallest absolute Gasteiger partial charge is 0.266 e. The minimum absolute atomic E-state index is 0.0908. The van der Waals surface area contributed by atoms with Crippen LogP contribution in [0.3, 0.4) is 0 Å². The summed E-state index contributed by atoms with van der Waals surface area (Å²) in [4.78, 5) is 29.7. The summed E-state index contributed by atoms with van der Waals surface area (Å²) in [6, 6.07) is 12.6. The number of carbonyl (C=O) groups excluding carboxylic acids is 1. The lowest BCUT2D eigenvalue weighted by molar-refractivity contribution is -0.128. The number of nitrogens with zero attached hydrogens (tertiary/aromatic N) is 2. The van der Waals surface area contributed by atoms with Crippen LogP contribution in [0, 0.1) is 11.2 Å². The van der Waals surface area contributed by atoms with Crippen LogP contribution in [0.15, 0.2) is 53.3 Å². The van der Waals surface area contributed by atoms with Crippen molar-refractivity contribution in [2.45, 2.75) is 27.3 Å². The van der Waals surface area contributed by atoms with Crippen molar-refractivity contribution in [1.29, 1.82) is 0 Å². The van der Waals surface area contributed by atoms with Gasteiger partial charge in [-0.3, -0.25) is 14.2 Å². The number of aromatic nitrogens is 2. The third-order valence-electron chi connectivity index (χ3n) is 4.02. The van der Waals surface area contributed by atoms with Crippen LogP contribution in [0.25, 0.3) is 16.6 Å². The summed E-state index contributed by atoms with van der Waals surface area (Å²) < 4.78 is 14.7. The van der Waals surface area contributed by atoms with Crippen molar-refractivity contribution in [2.75, 3.05) is 0 Å². The summed E-state index contributed by atoms with van der Waals surface area (Å²) in [5.74, 6) is -0.151. The number of hydrogen-bond acceptors (Lipinski definition) is 3. The molecule has 0 saturated carbocycles. The Kier molecular flexibility index (Phi) is 4.59. The van der Waals surface area contributed by atoms with Crippen molar-refractivity contribution < 1.29 is 9.18 Å². The van der Waals surface area contributed by atoms with Crippen molar-refractivity contribution in [2.24, 2.45) is 5.41 Å². The summed E-state index contributed by atoms with van der Waals surface area (Å²) in [7, 11) is 0. The SMILES string of the molecule is CC(C)(C)C(=O)NCc1nc2ccccc2c(=O)n1-c1ccc(F)cc1. The number of para-hydroxylation sites is 1. The Morgan fingerprint density at radius 1 is 1.12 bits per heavy atom. The fourth-order valence-corrected chi connectivity index (χ4v) is 2.58. The number of benzene rings is 2. The fourth-order valence-electron chi connectivity index (χ4n) is 2.58. The van der Waals surface area contributed by atoms with E-state index in [4.69, 9.17) is 0 Å². The summed E-state index contributed by atoms with van der Waals surface area (Å²) in [5, 5.41) is 3.28. The topological polar surface area (TPSA) is 64.0 Å². The molecule has 1 heterocycles. The molecule has 134 valence electrons. The van der Waals surface area contributed by atoms with Gasteiger partial charge in [-0.15, -0.1) is 0 Å².